The topological polar surface area (TPSA) is 17.1 Å². The van der Waals surface area contributed by atoms with Crippen LogP contribution < -0.4 is 0 Å². The molecule has 1 aliphatic heterocycles. The van der Waals surface area contributed by atoms with Gasteiger partial charge in [-0.05, 0) is 17.7 Å². The Balaban J connectivity index is 2.25. The first-order valence-electron chi connectivity index (χ1n) is 4.17. The number of hydrogen-bond acceptors (Lipinski definition) is 2. The summed E-state index contributed by atoms with van der Waals surface area (Å²) in [5, 5.41) is -0.0550. The van der Waals surface area contributed by atoms with Crippen LogP contribution in [0.1, 0.15) is 17.2 Å². The summed E-state index contributed by atoms with van der Waals surface area (Å²) in [6, 6.07) is 6.19. The minimum atomic E-state index is -0.251. The predicted octanol–water partition coefficient (Wildman–Crippen LogP) is 2.57. The summed E-state index contributed by atoms with van der Waals surface area (Å²) in [5.41, 5.74) is 0.925. The van der Waals surface area contributed by atoms with E-state index in [0.717, 1.165) is 11.3 Å². The number of ketones is 1. The molecule has 1 heterocycles. The molecule has 3 heteroatoms. The maximum atomic E-state index is 12.6. The van der Waals surface area contributed by atoms with Gasteiger partial charge in [0.1, 0.15) is 5.82 Å². The SMILES string of the molecule is O=C1CCSC1c1ccc(F)cc1. The zero-order valence-electron chi connectivity index (χ0n) is 7.00. The number of Topliss-reactive ketones (excluding diaryl/α,β-unsaturated/α-hetero) is 1. The molecule has 0 amide bonds. The van der Waals surface area contributed by atoms with Crippen LogP contribution in [0.4, 0.5) is 4.39 Å². The van der Waals surface area contributed by atoms with E-state index in [1.54, 1.807) is 23.9 Å². The van der Waals surface area contributed by atoms with E-state index >= 15 is 0 Å². The predicted molar refractivity (Wildman–Crippen MR) is 51.2 cm³/mol. The highest BCUT2D eigenvalue weighted by molar-refractivity contribution is 8.00. The van der Waals surface area contributed by atoms with Crippen molar-refractivity contribution in [3.05, 3.63) is 35.6 Å². The molecule has 2 rings (SSSR count). The van der Waals surface area contributed by atoms with Crippen molar-refractivity contribution in [2.45, 2.75) is 11.7 Å². The highest BCUT2D eigenvalue weighted by Crippen LogP contribution is 2.36. The van der Waals surface area contributed by atoms with Crippen LogP contribution in [0.25, 0.3) is 0 Å². The fourth-order valence-electron chi connectivity index (χ4n) is 1.42. The Morgan fingerprint density at radius 3 is 2.54 bits per heavy atom. The van der Waals surface area contributed by atoms with Gasteiger partial charge in [-0.25, -0.2) is 4.39 Å². The molecule has 1 atom stereocenters. The molecule has 0 N–H and O–H groups in total. The Morgan fingerprint density at radius 1 is 1.31 bits per heavy atom. The molecule has 1 unspecified atom stereocenters. The Kier molecular flexibility index (Phi) is 2.36. The molecule has 0 saturated carbocycles. The van der Waals surface area contributed by atoms with E-state index in [4.69, 9.17) is 0 Å². The quantitative estimate of drug-likeness (QED) is 0.686. The Bertz CT molecular complexity index is 320. The lowest BCUT2D eigenvalue weighted by atomic mass is 10.1. The van der Waals surface area contributed by atoms with E-state index in [9.17, 15) is 9.18 Å². The van der Waals surface area contributed by atoms with Crippen molar-refractivity contribution in [2.24, 2.45) is 0 Å². The molecule has 1 fully saturated rings. The van der Waals surface area contributed by atoms with E-state index in [-0.39, 0.29) is 16.9 Å². The first kappa shape index (κ1) is 8.75. The third-order valence-corrected chi connectivity index (χ3v) is 3.41. The molecule has 0 bridgehead atoms. The molecule has 68 valence electrons. The maximum absolute atomic E-state index is 12.6. The van der Waals surface area contributed by atoms with E-state index in [0.29, 0.717) is 6.42 Å². The van der Waals surface area contributed by atoms with Crippen molar-refractivity contribution >= 4 is 17.5 Å². The normalized spacial score (nSPS) is 22.2. The molecular weight excluding hydrogens is 187 g/mol. The lowest BCUT2D eigenvalue weighted by Gasteiger charge is -2.06. The summed E-state index contributed by atoms with van der Waals surface area (Å²) < 4.78 is 12.6. The van der Waals surface area contributed by atoms with Crippen LogP contribution in [0.2, 0.25) is 0 Å². The second-order valence-electron chi connectivity index (χ2n) is 3.02. The number of halogens is 1. The van der Waals surface area contributed by atoms with Crippen molar-refractivity contribution in [1.29, 1.82) is 0 Å². The summed E-state index contributed by atoms with van der Waals surface area (Å²) in [4.78, 5) is 11.3. The van der Waals surface area contributed by atoms with Crippen LogP contribution in [-0.2, 0) is 4.79 Å². The molecule has 0 spiro atoms. The van der Waals surface area contributed by atoms with Gasteiger partial charge in [0.05, 0.1) is 5.25 Å². The number of rotatable bonds is 1. The average molecular weight is 196 g/mol. The summed E-state index contributed by atoms with van der Waals surface area (Å²) >= 11 is 1.64. The summed E-state index contributed by atoms with van der Waals surface area (Å²) in [5.74, 6) is 0.900. The van der Waals surface area contributed by atoms with Crippen molar-refractivity contribution in [2.75, 3.05) is 5.75 Å². The summed E-state index contributed by atoms with van der Waals surface area (Å²) in [6.07, 6.45) is 0.646. The summed E-state index contributed by atoms with van der Waals surface area (Å²) in [7, 11) is 0. The Morgan fingerprint density at radius 2 is 2.00 bits per heavy atom. The monoisotopic (exact) mass is 196 g/mol. The van der Waals surface area contributed by atoms with Crippen LogP contribution in [0, 0.1) is 5.82 Å². The molecule has 0 aliphatic carbocycles. The van der Waals surface area contributed by atoms with Crippen molar-refractivity contribution in [1.82, 2.24) is 0 Å². The Hall–Kier alpha value is -0.830. The van der Waals surface area contributed by atoms with Gasteiger partial charge < -0.3 is 0 Å². The van der Waals surface area contributed by atoms with Crippen LogP contribution in [0.5, 0.6) is 0 Å². The number of carbonyl (C=O) groups excluding carboxylic acids is 1. The minimum absolute atomic E-state index is 0.0550. The fraction of sp³-hybridized carbons (Fsp3) is 0.300. The molecule has 0 aromatic heterocycles. The largest absolute Gasteiger partial charge is 0.298 e. The second kappa shape index (κ2) is 3.50. The number of benzene rings is 1. The highest BCUT2D eigenvalue weighted by Gasteiger charge is 2.26. The van der Waals surface area contributed by atoms with E-state index in [1.165, 1.54) is 12.1 Å². The van der Waals surface area contributed by atoms with Crippen molar-refractivity contribution in [3.8, 4) is 0 Å². The van der Waals surface area contributed by atoms with Gasteiger partial charge >= 0.3 is 0 Å². The number of thioether (sulfide) groups is 1. The Labute approximate surface area is 80.3 Å². The zero-order valence-corrected chi connectivity index (χ0v) is 7.81. The third kappa shape index (κ3) is 1.75. The molecular formula is C10H9FOS. The van der Waals surface area contributed by atoms with Gasteiger partial charge in [0.25, 0.3) is 0 Å². The van der Waals surface area contributed by atoms with Gasteiger partial charge in [0, 0.05) is 12.2 Å². The molecule has 1 aromatic rings. The van der Waals surface area contributed by atoms with Gasteiger partial charge in [0.2, 0.25) is 0 Å². The van der Waals surface area contributed by atoms with Crippen LogP contribution in [0.15, 0.2) is 24.3 Å². The van der Waals surface area contributed by atoms with Gasteiger partial charge in [-0.3, -0.25) is 4.79 Å². The molecule has 0 radical (unpaired) electrons. The van der Waals surface area contributed by atoms with E-state index < -0.39 is 0 Å². The fourth-order valence-corrected chi connectivity index (χ4v) is 2.63. The van der Waals surface area contributed by atoms with E-state index in [2.05, 4.69) is 0 Å². The molecule has 13 heavy (non-hydrogen) atoms. The van der Waals surface area contributed by atoms with E-state index in [1.807, 2.05) is 0 Å². The van der Waals surface area contributed by atoms with Gasteiger partial charge in [-0.15, -0.1) is 11.8 Å². The first-order chi connectivity index (χ1) is 6.27. The third-order valence-electron chi connectivity index (χ3n) is 2.10. The van der Waals surface area contributed by atoms with Crippen molar-refractivity contribution < 1.29 is 9.18 Å². The first-order valence-corrected chi connectivity index (χ1v) is 5.22. The van der Waals surface area contributed by atoms with Crippen LogP contribution in [-0.4, -0.2) is 11.5 Å². The average Bonchev–Trinajstić information content (AvgIpc) is 2.53. The molecule has 1 saturated heterocycles. The minimum Gasteiger partial charge on any atom is -0.298 e. The molecule has 1 aliphatic rings. The van der Waals surface area contributed by atoms with Gasteiger partial charge in [-0.2, -0.15) is 0 Å². The van der Waals surface area contributed by atoms with Crippen LogP contribution >= 0.6 is 11.8 Å². The lowest BCUT2D eigenvalue weighted by molar-refractivity contribution is -0.117. The smallest absolute Gasteiger partial charge is 0.151 e. The standard InChI is InChI=1S/C10H9FOS/c11-8-3-1-7(2-4-8)10-9(12)5-6-13-10/h1-4,10H,5-6H2. The van der Waals surface area contributed by atoms with Crippen molar-refractivity contribution in [3.63, 3.8) is 0 Å². The maximum Gasteiger partial charge on any atom is 0.151 e. The highest BCUT2D eigenvalue weighted by atomic mass is 32.2. The van der Waals surface area contributed by atoms with Gasteiger partial charge in [-0.1, -0.05) is 12.1 Å². The number of hydrogen-bond donors (Lipinski definition) is 0. The molecule has 1 aromatic carbocycles. The lowest BCUT2D eigenvalue weighted by Crippen LogP contribution is -2.01. The van der Waals surface area contributed by atoms with Crippen LogP contribution in [0.3, 0.4) is 0 Å². The summed E-state index contributed by atoms with van der Waals surface area (Å²) in [6.45, 7) is 0. The second-order valence-corrected chi connectivity index (χ2v) is 4.23. The molecule has 1 nitrogen and oxygen atoms in total. The number of carbonyl (C=O) groups is 1. The van der Waals surface area contributed by atoms with Gasteiger partial charge in [0.15, 0.2) is 5.78 Å². The zero-order chi connectivity index (χ0) is 9.26.